The molecule has 0 spiro atoms. The third-order valence-corrected chi connectivity index (χ3v) is 3.36. The van der Waals surface area contributed by atoms with Gasteiger partial charge in [0.2, 0.25) is 5.91 Å². The van der Waals surface area contributed by atoms with Crippen LogP contribution in [0.5, 0.6) is 0 Å². The normalized spacial score (nSPS) is 27.5. The summed E-state index contributed by atoms with van der Waals surface area (Å²) >= 11 is 0. The number of hydrogen-bond donors (Lipinski definition) is 2. The van der Waals surface area contributed by atoms with Crippen molar-refractivity contribution in [1.29, 1.82) is 0 Å². The first kappa shape index (κ1) is 12.5. The van der Waals surface area contributed by atoms with Crippen LogP contribution in [0.4, 0.5) is 0 Å². The van der Waals surface area contributed by atoms with Crippen LogP contribution >= 0.6 is 0 Å². The first-order valence-electron chi connectivity index (χ1n) is 5.87. The van der Waals surface area contributed by atoms with E-state index in [4.69, 9.17) is 5.11 Å². The third-order valence-electron chi connectivity index (χ3n) is 3.36. The highest BCUT2D eigenvalue weighted by atomic mass is 16.3. The van der Waals surface area contributed by atoms with E-state index < -0.39 is 5.41 Å². The summed E-state index contributed by atoms with van der Waals surface area (Å²) < 4.78 is 0. The lowest BCUT2D eigenvalue weighted by Crippen LogP contribution is -2.45. The average molecular weight is 213 g/mol. The summed E-state index contributed by atoms with van der Waals surface area (Å²) in [5, 5.41) is 12.1. The van der Waals surface area contributed by atoms with Crippen molar-refractivity contribution in [2.45, 2.75) is 52.5 Å². The van der Waals surface area contributed by atoms with E-state index in [1.807, 2.05) is 0 Å². The molecule has 1 amide bonds. The fraction of sp³-hybridized carbons (Fsp3) is 0.917. The number of carbonyl (C=O) groups is 1. The smallest absolute Gasteiger partial charge is 0.228 e. The quantitative estimate of drug-likeness (QED) is 0.749. The van der Waals surface area contributed by atoms with Gasteiger partial charge in [0, 0.05) is 6.04 Å². The van der Waals surface area contributed by atoms with Gasteiger partial charge in [-0.15, -0.1) is 0 Å². The summed E-state index contributed by atoms with van der Waals surface area (Å²) in [4.78, 5) is 11.8. The molecule has 1 rings (SSSR count). The number of aliphatic hydroxyl groups excluding tert-OH is 1. The van der Waals surface area contributed by atoms with Gasteiger partial charge in [-0.1, -0.05) is 6.92 Å². The van der Waals surface area contributed by atoms with Crippen LogP contribution in [0, 0.1) is 11.3 Å². The number of nitrogens with one attached hydrogen (secondary N) is 1. The van der Waals surface area contributed by atoms with Gasteiger partial charge in [0.1, 0.15) is 0 Å². The second-order valence-corrected chi connectivity index (χ2v) is 5.47. The predicted molar refractivity (Wildman–Crippen MR) is 60.4 cm³/mol. The summed E-state index contributed by atoms with van der Waals surface area (Å²) in [5.41, 5.74) is -0.650. The lowest BCUT2D eigenvalue weighted by molar-refractivity contribution is -0.132. The van der Waals surface area contributed by atoms with E-state index in [1.165, 1.54) is 12.8 Å². The van der Waals surface area contributed by atoms with E-state index in [2.05, 4.69) is 12.2 Å². The summed E-state index contributed by atoms with van der Waals surface area (Å²) in [6.45, 7) is 5.71. The van der Waals surface area contributed by atoms with Crippen LogP contribution in [0.25, 0.3) is 0 Å². The molecule has 0 heterocycles. The van der Waals surface area contributed by atoms with Crippen LogP contribution < -0.4 is 5.32 Å². The zero-order valence-electron chi connectivity index (χ0n) is 10.0. The molecule has 1 aliphatic carbocycles. The maximum absolute atomic E-state index is 11.8. The van der Waals surface area contributed by atoms with E-state index in [1.54, 1.807) is 13.8 Å². The molecule has 1 fully saturated rings. The molecule has 15 heavy (non-hydrogen) atoms. The summed E-state index contributed by atoms with van der Waals surface area (Å²) in [7, 11) is 0. The monoisotopic (exact) mass is 213 g/mol. The highest BCUT2D eigenvalue weighted by Gasteiger charge is 2.29. The van der Waals surface area contributed by atoms with Crippen molar-refractivity contribution >= 4 is 5.91 Å². The first-order valence-corrected chi connectivity index (χ1v) is 5.87. The molecule has 3 nitrogen and oxygen atoms in total. The molecule has 0 bridgehead atoms. The molecular weight excluding hydrogens is 190 g/mol. The Morgan fingerprint density at radius 2 is 1.87 bits per heavy atom. The fourth-order valence-corrected chi connectivity index (χ4v) is 1.86. The van der Waals surface area contributed by atoms with Crippen LogP contribution in [0.1, 0.15) is 46.5 Å². The van der Waals surface area contributed by atoms with Crippen LogP contribution in [-0.2, 0) is 4.79 Å². The maximum Gasteiger partial charge on any atom is 0.228 e. The highest BCUT2D eigenvalue weighted by molar-refractivity contribution is 5.82. The molecule has 0 aliphatic heterocycles. The summed E-state index contributed by atoms with van der Waals surface area (Å²) in [5.74, 6) is 0.772. The topological polar surface area (TPSA) is 49.3 Å². The first-order chi connectivity index (χ1) is 6.95. The Labute approximate surface area is 92.3 Å². The van der Waals surface area contributed by atoms with Crippen LogP contribution in [0.2, 0.25) is 0 Å². The minimum absolute atomic E-state index is 0.0236. The van der Waals surface area contributed by atoms with E-state index in [-0.39, 0.29) is 12.5 Å². The number of amides is 1. The molecule has 0 unspecified atom stereocenters. The van der Waals surface area contributed by atoms with Gasteiger partial charge in [-0.2, -0.15) is 0 Å². The molecule has 1 aliphatic rings. The second kappa shape index (κ2) is 4.97. The minimum Gasteiger partial charge on any atom is -0.395 e. The maximum atomic E-state index is 11.8. The summed E-state index contributed by atoms with van der Waals surface area (Å²) in [6.07, 6.45) is 4.55. The van der Waals surface area contributed by atoms with Crippen molar-refractivity contribution < 1.29 is 9.90 Å². The van der Waals surface area contributed by atoms with E-state index in [0.29, 0.717) is 6.04 Å². The number of rotatable bonds is 3. The van der Waals surface area contributed by atoms with Crippen molar-refractivity contribution in [1.82, 2.24) is 5.32 Å². The lowest BCUT2D eigenvalue weighted by Gasteiger charge is -2.30. The number of hydrogen-bond acceptors (Lipinski definition) is 2. The molecule has 0 aromatic carbocycles. The van der Waals surface area contributed by atoms with Gasteiger partial charge in [-0.3, -0.25) is 4.79 Å². The van der Waals surface area contributed by atoms with E-state index >= 15 is 0 Å². The Kier molecular flexibility index (Phi) is 4.14. The Hall–Kier alpha value is -0.570. The molecule has 0 aromatic rings. The van der Waals surface area contributed by atoms with Crippen LogP contribution in [0.3, 0.4) is 0 Å². The van der Waals surface area contributed by atoms with Crippen molar-refractivity contribution in [2.24, 2.45) is 11.3 Å². The van der Waals surface area contributed by atoms with Gasteiger partial charge < -0.3 is 10.4 Å². The molecule has 0 saturated heterocycles. The van der Waals surface area contributed by atoms with Gasteiger partial charge in [0.05, 0.1) is 12.0 Å². The van der Waals surface area contributed by atoms with Crippen molar-refractivity contribution in [3.63, 3.8) is 0 Å². The molecule has 0 aromatic heterocycles. The van der Waals surface area contributed by atoms with Crippen LogP contribution in [-0.4, -0.2) is 23.7 Å². The predicted octanol–water partition coefficient (Wildman–Crippen LogP) is 1.70. The molecular formula is C12H23NO2. The SMILES string of the molecule is CC(C)(CO)C(=O)N[C@H]1CC[C@H](C)CC1. The molecule has 88 valence electrons. The molecule has 3 heteroatoms. The van der Waals surface area contributed by atoms with E-state index in [9.17, 15) is 4.79 Å². The van der Waals surface area contributed by atoms with E-state index in [0.717, 1.165) is 18.8 Å². The van der Waals surface area contributed by atoms with Crippen molar-refractivity contribution in [2.75, 3.05) is 6.61 Å². The van der Waals surface area contributed by atoms with Gasteiger partial charge in [-0.05, 0) is 45.4 Å². The minimum atomic E-state index is -0.650. The molecule has 0 atom stereocenters. The molecule has 0 radical (unpaired) electrons. The van der Waals surface area contributed by atoms with Gasteiger partial charge >= 0.3 is 0 Å². The summed E-state index contributed by atoms with van der Waals surface area (Å²) in [6, 6.07) is 0.319. The highest BCUT2D eigenvalue weighted by Crippen LogP contribution is 2.24. The van der Waals surface area contributed by atoms with Gasteiger partial charge in [-0.25, -0.2) is 0 Å². The Morgan fingerprint density at radius 3 is 2.33 bits per heavy atom. The van der Waals surface area contributed by atoms with Gasteiger partial charge in [0.15, 0.2) is 0 Å². The Morgan fingerprint density at radius 1 is 1.33 bits per heavy atom. The largest absolute Gasteiger partial charge is 0.395 e. The Bertz CT molecular complexity index is 218. The second-order valence-electron chi connectivity index (χ2n) is 5.47. The molecule has 2 N–H and O–H groups in total. The van der Waals surface area contributed by atoms with Crippen molar-refractivity contribution in [3.8, 4) is 0 Å². The Balaban J connectivity index is 2.39. The fourth-order valence-electron chi connectivity index (χ4n) is 1.86. The standard InChI is InChI=1S/C12H23NO2/c1-9-4-6-10(7-5-9)13-11(15)12(2,3)8-14/h9-10,14H,4-8H2,1-3H3,(H,13,15)/t9-,10-. The van der Waals surface area contributed by atoms with Crippen molar-refractivity contribution in [3.05, 3.63) is 0 Å². The third kappa shape index (κ3) is 3.49. The van der Waals surface area contributed by atoms with Crippen LogP contribution in [0.15, 0.2) is 0 Å². The number of carbonyl (C=O) groups excluding carboxylic acids is 1. The zero-order chi connectivity index (χ0) is 11.5. The average Bonchev–Trinajstić information content (AvgIpc) is 2.21. The zero-order valence-corrected chi connectivity index (χ0v) is 10.0. The lowest BCUT2D eigenvalue weighted by atomic mass is 9.86. The van der Waals surface area contributed by atoms with Gasteiger partial charge in [0.25, 0.3) is 0 Å². The number of aliphatic hydroxyl groups is 1. The molecule has 1 saturated carbocycles.